The van der Waals surface area contributed by atoms with Gasteiger partial charge in [0.1, 0.15) is 0 Å². The Hall–Kier alpha value is -3.44. The van der Waals surface area contributed by atoms with E-state index in [0.717, 1.165) is 23.2 Å². The van der Waals surface area contributed by atoms with Gasteiger partial charge in [-0.2, -0.15) is 0 Å². The van der Waals surface area contributed by atoms with Crippen molar-refractivity contribution in [3.05, 3.63) is 96.1 Å². The van der Waals surface area contributed by atoms with Crippen LogP contribution >= 0.6 is 0 Å². The number of para-hydroxylation sites is 2. The third-order valence-corrected chi connectivity index (χ3v) is 5.27. The molecule has 2 N–H and O–H groups in total. The SMILES string of the molecule is O=C(CNC(c1ccccc1)c1ccccc1)Nc1ccccc1N1CCCC1=O. The van der Waals surface area contributed by atoms with Crippen LogP contribution in [0.2, 0.25) is 0 Å². The van der Waals surface area contributed by atoms with Crippen molar-refractivity contribution in [3.8, 4) is 0 Å². The van der Waals surface area contributed by atoms with Crippen LogP contribution in [0.5, 0.6) is 0 Å². The monoisotopic (exact) mass is 399 g/mol. The van der Waals surface area contributed by atoms with Gasteiger partial charge in [-0.05, 0) is 29.7 Å². The van der Waals surface area contributed by atoms with Crippen molar-refractivity contribution in [1.82, 2.24) is 5.32 Å². The van der Waals surface area contributed by atoms with Crippen LogP contribution in [0, 0.1) is 0 Å². The van der Waals surface area contributed by atoms with Crippen molar-refractivity contribution in [2.24, 2.45) is 0 Å². The van der Waals surface area contributed by atoms with E-state index in [1.54, 1.807) is 4.90 Å². The number of hydrogen-bond acceptors (Lipinski definition) is 3. The summed E-state index contributed by atoms with van der Waals surface area (Å²) < 4.78 is 0. The van der Waals surface area contributed by atoms with Crippen LogP contribution in [-0.2, 0) is 9.59 Å². The van der Waals surface area contributed by atoms with Crippen LogP contribution in [0.1, 0.15) is 30.0 Å². The first kappa shape index (κ1) is 19.9. The van der Waals surface area contributed by atoms with Gasteiger partial charge in [0, 0.05) is 13.0 Å². The zero-order valence-electron chi connectivity index (χ0n) is 16.8. The lowest BCUT2D eigenvalue weighted by molar-refractivity contribution is -0.117. The van der Waals surface area contributed by atoms with Crippen molar-refractivity contribution >= 4 is 23.2 Å². The lowest BCUT2D eigenvalue weighted by atomic mass is 9.99. The molecule has 5 nitrogen and oxygen atoms in total. The second kappa shape index (κ2) is 9.37. The van der Waals surface area contributed by atoms with E-state index in [-0.39, 0.29) is 24.4 Å². The van der Waals surface area contributed by atoms with Crippen molar-refractivity contribution in [2.75, 3.05) is 23.3 Å². The minimum Gasteiger partial charge on any atom is -0.323 e. The zero-order chi connectivity index (χ0) is 20.8. The van der Waals surface area contributed by atoms with Gasteiger partial charge in [0.15, 0.2) is 0 Å². The fourth-order valence-corrected chi connectivity index (χ4v) is 3.83. The average Bonchev–Trinajstić information content (AvgIpc) is 3.21. The summed E-state index contributed by atoms with van der Waals surface area (Å²) in [6, 6.07) is 27.5. The summed E-state index contributed by atoms with van der Waals surface area (Å²) in [5.41, 5.74) is 3.62. The van der Waals surface area contributed by atoms with Gasteiger partial charge in [0.2, 0.25) is 11.8 Å². The largest absolute Gasteiger partial charge is 0.323 e. The van der Waals surface area contributed by atoms with E-state index >= 15 is 0 Å². The van der Waals surface area contributed by atoms with Gasteiger partial charge in [-0.1, -0.05) is 72.8 Å². The van der Waals surface area contributed by atoms with Crippen LogP contribution in [0.25, 0.3) is 0 Å². The van der Waals surface area contributed by atoms with E-state index in [1.165, 1.54) is 0 Å². The third-order valence-electron chi connectivity index (χ3n) is 5.27. The molecular formula is C25H25N3O2. The standard InChI is InChI=1S/C25H25N3O2/c29-23(27-21-14-7-8-15-22(21)28-17-9-16-24(28)30)18-26-25(19-10-3-1-4-11-19)20-12-5-2-6-13-20/h1-8,10-15,25-26H,9,16-18H2,(H,27,29). The highest BCUT2D eigenvalue weighted by atomic mass is 16.2. The van der Waals surface area contributed by atoms with Crippen molar-refractivity contribution < 1.29 is 9.59 Å². The topological polar surface area (TPSA) is 61.4 Å². The van der Waals surface area contributed by atoms with Gasteiger partial charge in [-0.25, -0.2) is 0 Å². The average molecular weight is 399 g/mol. The molecule has 5 heteroatoms. The van der Waals surface area contributed by atoms with Crippen molar-refractivity contribution in [1.29, 1.82) is 0 Å². The van der Waals surface area contributed by atoms with Gasteiger partial charge >= 0.3 is 0 Å². The van der Waals surface area contributed by atoms with Gasteiger partial charge in [-0.3, -0.25) is 14.9 Å². The molecule has 152 valence electrons. The second-order valence-corrected chi connectivity index (χ2v) is 7.35. The van der Waals surface area contributed by atoms with Crippen LogP contribution in [0.3, 0.4) is 0 Å². The molecular weight excluding hydrogens is 374 g/mol. The second-order valence-electron chi connectivity index (χ2n) is 7.35. The van der Waals surface area contributed by atoms with E-state index in [4.69, 9.17) is 0 Å². The highest BCUT2D eigenvalue weighted by Crippen LogP contribution is 2.29. The molecule has 2 amide bonds. The molecule has 0 aromatic heterocycles. The smallest absolute Gasteiger partial charge is 0.238 e. The Morgan fingerprint density at radius 1 is 0.867 bits per heavy atom. The van der Waals surface area contributed by atoms with E-state index in [9.17, 15) is 9.59 Å². The lowest BCUT2D eigenvalue weighted by Gasteiger charge is -2.22. The molecule has 0 unspecified atom stereocenters. The molecule has 0 saturated carbocycles. The molecule has 1 aliphatic heterocycles. The molecule has 1 saturated heterocycles. The first-order chi connectivity index (χ1) is 14.7. The third kappa shape index (κ3) is 4.58. The van der Waals surface area contributed by atoms with Crippen molar-refractivity contribution in [2.45, 2.75) is 18.9 Å². The molecule has 3 aromatic carbocycles. The maximum atomic E-state index is 12.8. The van der Waals surface area contributed by atoms with Crippen LogP contribution < -0.4 is 15.5 Å². The highest BCUT2D eigenvalue weighted by Gasteiger charge is 2.24. The molecule has 0 aliphatic carbocycles. The number of benzene rings is 3. The van der Waals surface area contributed by atoms with Gasteiger partial charge in [-0.15, -0.1) is 0 Å². The summed E-state index contributed by atoms with van der Waals surface area (Å²) in [4.78, 5) is 26.6. The molecule has 3 aromatic rings. The van der Waals surface area contributed by atoms with Crippen LogP contribution in [0.15, 0.2) is 84.9 Å². The summed E-state index contributed by atoms with van der Waals surface area (Å²) >= 11 is 0. The Balaban J connectivity index is 1.47. The lowest BCUT2D eigenvalue weighted by Crippen LogP contribution is -2.32. The maximum Gasteiger partial charge on any atom is 0.238 e. The number of carbonyl (C=O) groups is 2. The first-order valence-corrected chi connectivity index (χ1v) is 10.2. The number of hydrogen-bond donors (Lipinski definition) is 2. The van der Waals surface area contributed by atoms with E-state index in [1.807, 2.05) is 60.7 Å². The summed E-state index contributed by atoms with van der Waals surface area (Å²) in [5, 5.41) is 6.35. The molecule has 1 heterocycles. The molecule has 1 fully saturated rings. The minimum atomic E-state index is -0.147. The van der Waals surface area contributed by atoms with Crippen LogP contribution in [0.4, 0.5) is 11.4 Å². The Morgan fingerprint density at radius 2 is 1.47 bits per heavy atom. The predicted molar refractivity (Wildman–Crippen MR) is 119 cm³/mol. The molecule has 0 spiro atoms. The minimum absolute atomic E-state index is 0.0893. The molecule has 0 radical (unpaired) electrons. The Kier molecular flexibility index (Phi) is 6.20. The van der Waals surface area contributed by atoms with Crippen LogP contribution in [-0.4, -0.2) is 24.9 Å². The van der Waals surface area contributed by atoms with Gasteiger partial charge in [0.25, 0.3) is 0 Å². The Bertz CT molecular complexity index is 966. The molecule has 0 bridgehead atoms. The van der Waals surface area contributed by atoms with Crippen molar-refractivity contribution in [3.63, 3.8) is 0 Å². The zero-order valence-corrected chi connectivity index (χ0v) is 16.8. The summed E-state index contributed by atoms with van der Waals surface area (Å²) in [6.45, 7) is 0.838. The molecule has 30 heavy (non-hydrogen) atoms. The summed E-state index contributed by atoms with van der Waals surface area (Å²) in [5.74, 6) is -0.0472. The first-order valence-electron chi connectivity index (χ1n) is 10.2. The van der Waals surface area contributed by atoms with E-state index in [0.29, 0.717) is 18.7 Å². The highest BCUT2D eigenvalue weighted by molar-refractivity contribution is 6.02. The number of anilines is 2. The molecule has 4 rings (SSSR count). The van der Waals surface area contributed by atoms with E-state index < -0.39 is 0 Å². The summed E-state index contributed by atoms with van der Waals surface area (Å²) in [6.07, 6.45) is 1.40. The normalized spacial score (nSPS) is 13.6. The van der Waals surface area contributed by atoms with Gasteiger partial charge < -0.3 is 10.2 Å². The number of nitrogens with one attached hydrogen (secondary N) is 2. The number of carbonyl (C=O) groups excluding carboxylic acids is 2. The number of nitrogens with zero attached hydrogens (tertiary/aromatic N) is 1. The molecule has 0 atom stereocenters. The number of amides is 2. The Morgan fingerprint density at radius 3 is 2.07 bits per heavy atom. The molecule has 1 aliphatic rings. The Labute approximate surface area is 176 Å². The van der Waals surface area contributed by atoms with E-state index in [2.05, 4.69) is 34.9 Å². The number of rotatable bonds is 7. The van der Waals surface area contributed by atoms with Gasteiger partial charge in [0.05, 0.1) is 24.0 Å². The fourth-order valence-electron chi connectivity index (χ4n) is 3.83. The summed E-state index contributed by atoms with van der Waals surface area (Å²) in [7, 11) is 0. The maximum absolute atomic E-state index is 12.8. The quantitative estimate of drug-likeness (QED) is 0.628. The fraction of sp³-hybridized carbons (Fsp3) is 0.200. The predicted octanol–water partition coefficient (Wildman–Crippen LogP) is 4.13.